The van der Waals surface area contributed by atoms with Crippen molar-refractivity contribution >= 4 is 52.6 Å². The Hall–Kier alpha value is -0.740. The van der Waals surface area contributed by atoms with E-state index in [0.717, 1.165) is 41.9 Å². The number of hydrogen-bond donors (Lipinski definition) is 2. The molecule has 0 amide bonds. The Kier molecular flexibility index (Phi) is 8.12. The number of aliphatic imine (C=N–C) groups is 1. The van der Waals surface area contributed by atoms with Crippen molar-refractivity contribution in [2.24, 2.45) is 4.99 Å². The van der Waals surface area contributed by atoms with Gasteiger partial charge in [-0.05, 0) is 13.8 Å². The van der Waals surface area contributed by atoms with Crippen molar-refractivity contribution in [2.45, 2.75) is 26.8 Å². The first-order valence-electron chi connectivity index (χ1n) is 6.43. The van der Waals surface area contributed by atoms with Crippen LogP contribution in [0.2, 0.25) is 0 Å². The fraction of sp³-hybridized carbons (Fsp3) is 0.462. The van der Waals surface area contributed by atoms with Crippen molar-refractivity contribution in [3.63, 3.8) is 0 Å². The molecule has 116 valence electrons. The summed E-state index contributed by atoms with van der Waals surface area (Å²) in [6, 6.07) is 0. The fourth-order valence-electron chi connectivity index (χ4n) is 1.71. The molecule has 0 fully saturated rings. The molecular formula is C13H20IN5S2. The summed E-state index contributed by atoms with van der Waals surface area (Å²) in [7, 11) is 1.78. The lowest BCUT2D eigenvalue weighted by atomic mass is 10.3. The Morgan fingerprint density at radius 2 is 2.10 bits per heavy atom. The Morgan fingerprint density at radius 3 is 2.67 bits per heavy atom. The predicted molar refractivity (Wildman–Crippen MR) is 101 cm³/mol. The highest BCUT2D eigenvalue weighted by Gasteiger charge is 2.03. The molecule has 2 aromatic rings. The Labute approximate surface area is 150 Å². The number of nitrogens with zero attached hydrogens (tertiary/aromatic N) is 3. The molecule has 2 heterocycles. The van der Waals surface area contributed by atoms with E-state index in [1.54, 1.807) is 29.7 Å². The number of hydrogen-bond acceptors (Lipinski definition) is 5. The summed E-state index contributed by atoms with van der Waals surface area (Å²) in [6.45, 7) is 5.63. The van der Waals surface area contributed by atoms with E-state index >= 15 is 0 Å². The predicted octanol–water partition coefficient (Wildman–Crippen LogP) is 2.74. The molecule has 0 saturated heterocycles. The zero-order chi connectivity index (χ0) is 14.4. The van der Waals surface area contributed by atoms with Gasteiger partial charge in [0.2, 0.25) is 0 Å². The highest BCUT2D eigenvalue weighted by Crippen LogP contribution is 2.11. The topological polar surface area (TPSA) is 62.2 Å². The molecule has 2 aromatic heterocycles. The molecule has 0 radical (unpaired) electrons. The van der Waals surface area contributed by atoms with E-state index < -0.39 is 0 Å². The summed E-state index contributed by atoms with van der Waals surface area (Å²) in [6.07, 6.45) is 0.907. The van der Waals surface area contributed by atoms with E-state index in [1.165, 1.54) is 4.88 Å². The first-order chi connectivity index (χ1) is 9.69. The average molecular weight is 437 g/mol. The molecule has 8 heteroatoms. The largest absolute Gasteiger partial charge is 0.356 e. The maximum Gasteiger partial charge on any atom is 0.191 e. The summed E-state index contributed by atoms with van der Waals surface area (Å²) >= 11 is 3.35. The molecule has 21 heavy (non-hydrogen) atoms. The van der Waals surface area contributed by atoms with E-state index in [9.17, 15) is 0 Å². The van der Waals surface area contributed by atoms with Crippen LogP contribution in [0.5, 0.6) is 0 Å². The SMILES string of the molecule is CN=C(NCCc1csc(C)n1)NCc1scnc1C.I. The fourth-order valence-corrected chi connectivity index (χ4v) is 3.08. The number of rotatable bonds is 5. The number of guanidine groups is 1. The van der Waals surface area contributed by atoms with Gasteiger partial charge < -0.3 is 10.6 Å². The van der Waals surface area contributed by atoms with Crippen LogP contribution in [0, 0.1) is 13.8 Å². The minimum Gasteiger partial charge on any atom is -0.356 e. The summed E-state index contributed by atoms with van der Waals surface area (Å²) in [5.41, 5.74) is 4.08. The third-order valence-electron chi connectivity index (χ3n) is 2.83. The van der Waals surface area contributed by atoms with E-state index in [4.69, 9.17) is 0 Å². The molecular weight excluding hydrogens is 417 g/mol. The summed E-state index contributed by atoms with van der Waals surface area (Å²) in [4.78, 5) is 14.1. The van der Waals surface area contributed by atoms with Gasteiger partial charge in [-0.25, -0.2) is 9.97 Å². The zero-order valence-electron chi connectivity index (χ0n) is 12.3. The van der Waals surface area contributed by atoms with E-state index in [0.29, 0.717) is 0 Å². The van der Waals surface area contributed by atoms with Gasteiger partial charge in [0.25, 0.3) is 0 Å². The lowest BCUT2D eigenvalue weighted by Gasteiger charge is -2.10. The van der Waals surface area contributed by atoms with Crippen molar-refractivity contribution in [1.29, 1.82) is 0 Å². The van der Waals surface area contributed by atoms with Gasteiger partial charge in [0.1, 0.15) is 0 Å². The van der Waals surface area contributed by atoms with Crippen LogP contribution in [0.25, 0.3) is 0 Å². The second-order valence-corrected chi connectivity index (χ2v) is 6.32. The van der Waals surface area contributed by atoms with Crippen LogP contribution < -0.4 is 10.6 Å². The Balaban J connectivity index is 0.00000220. The van der Waals surface area contributed by atoms with Gasteiger partial charge in [-0.1, -0.05) is 0 Å². The molecule has 2 rings (SSSR count). The van der Waals surface area contributed by atoms with Crippen molar-refractivity contribution in [3.05, 3.63) is 32.2 Å². The monoisotopic (exact) mass is 437 g/mol. The van der Waals surface area contributed by atoms with Gasteiger partial charge in [0.05, 0.1) is 28.5 Å². The second kappa shape index (κ2) is 9.31. The van der Waals surface area contributed by atoms with E-state index in [-0.39, 0.29) is 24.0 Å². The molecule has 0 aliphatic heterocycles. The van der Waals surface area contributed by atoms with Crippen molar-refractivity contribution in [1.82, 2.24) is 20.6 Å². The molecule has 0 unspecified atom stereocenters. The van der Waals surface area contributed by atoms with Gasteiger partial charge in [-0.3, -0.25) is 4.99 Å². The maximum atomic E-state index is 4.44. The van der Waals surface area contributed by atoms with Crippen LogP contribution in [0.1, 0.15) is 21.3 Å². The molecule has 0 atom stereocenters. The maximum absolute atomic E-state index is 4.44. The van der Waals surface area contributed by atoms with Crippen LogP contribution in [-0.2, 0) is 13.0 Å². The number of nitrogens with one attached hydrogen (secondary N) is 2. The standard InChI is InChI=1S/C13H19N5S2.HI/c1-9-12(20-8-17-9)6-16-13(14-3)15-5-4-11-7-19-10(2)18-11;/h7-8H,4-6H2,1-3H3,(H2,14,15,16);1H. The van der Waals surface area contributed by atoms with Crippen molar-refractivity contribution in [3.8, 4) is 0 Å². The number of aromatic nitrogens is 2. The van der Waals surface area contributed by atoms with Crippen LogP contribution >= 0.6 is 46.7 Å². The highest BCUT2D eigenvalue weighted by atomic mass is 127. The molecule has 0 bridgehead atoms. The highest BCUT2D eigenvalue weighted by molar-refractivity contribution is 14.0. The van der Waals surface area contributed by atoms with Gasteiger partial charge in [0.15, 0.2) is 5.96 Å². The number of aryl methyl sites for hydroxylation is 2. The quantitative estimate of drug-likeness (QED) is 0.429. The number of halogens is 1. The van der Waals surface area contributed by atoms with E-state index in [2.05, 4.69) is 31.0 Å². The molecule has 0 aromatic carbocycles. The second-order valence-electron chi connectivity index (χ2n) is 4.32. The van der Waals surface area contributed by atoms with Crippen LogP contribution in [0.15, 0.2) is 15.9 Å². The van der Waals surface area contributed by atoms with Crippen molar-refractivity contribution in [2.75, 3.05) is 13.6 Å². The summed E-state index contributed by atoms with van der Waals surface area (Å²) in [5, 5.41) is 9.81. The van der Waals surface area contributed by atoms with Crippen LogP contribution in [0.4, 0.5) is 0 Å². The first kappa shape index (κ1) is 18.3. The lowest BCUT2D eigenvalue weighted by Crippen LogP contribution is -2.37. The summed E-state index contributed by atoms with van der Waals surface area (Å²) < 4.78 is 0. The minimum absolute atomic E-state index is 0. The lowest BCUT2D eigenvalue weighted by molar-refractivity contribution is 0.787. The molecule has 0 aliphatic carbocycles. The van der Waals surface area contributed by atoms with Crippen LogP contribution in [0.3, 0.4) is 0 Å². The molecule has 5 nitrogen and oxygen atoms in total. The molecule has 2 N–H and O–H groups in total. The normalized spacial score (nSPS) is 11.1. The molecule has 0 spiro atoms. The Bertz CT molecular complexity index is 579. The third-order valence-corrected chi connectivity index (χ3v) is 4.58. The summed E-state index contributed by atoms with van der Waals surface area (Å²) in [5.74, 6) is 0.810. The molecule has 0 saturated carbocycles. The van der Waals surface area contributed by atoms with Gasteiger partial charge in [0, 0.05) is 30.3 Å². The van der Waals surface area contributed by atoms with E-state index in [1.807, 2.05) is 19.4 Å². The minimum atomic E-state index is 0. The first-order valence-corrected chi connectivity index (χ1v) is 8.19. The number of thiazole rings is 2. The van der Waals surface area contributed by atoms with Gasteiger partial charge in [-0.15, -0.1) is 46.7 Å². The average Bonchev–Trinajstić information content (AvgIpc) is 3.03. The molecule has 0 aliphatic rings. The van der Waals surface area contributed by atoms with Crippen LogP contribution in [-0.4, -0.2) is 29.5 Å². The van der Waals surface area contributed by atoms with Gasteiger partial charge >= 0.3 is 0 Å². The Morgan fingerprint density at radius 1 is 1.29 bits per heavy atom. The van der Waals surface area contributed by atoms with Gasteiger partial charge in [-0.2, -0.15) is 0 Å². The zero-order valence-corrected chi connectivity index (χ0v) is 16.3. The third kappa shape index (κ3) is 5.87. The smallest absolute Gasteiger partial charge is 0.191 e. The van der Waals surface area contributed by atoms with Crippen molar-refractivity contribution < 1.29 is 0 Å².